The van der Waals surface area contributed by atoms with E-state index in [0.29, 0.717) is 5.56 Å². The maximum absolute atomic E-state index is 12.4. The molecular formula is C20H22N2O4. The third kappa shape index (κ3) is 5.44. The molecule has 0 spiro atoms. The highest BCUT2D eigenvalue weighted by atomic mass is 16.5. The number of ether oxygens (including phenoxy) is 1. The molecule has 0 radical (unpaired) electrons. The van der Waals surface area contributed by atoms with Crippen molar-refractivity contribution < 1.29 is 19.1 Å². The first kappa shape index (κ1) is 19.2. The Bertz CT molecular complexity index is 772. The number of amides is 2. The van der Waals surface area contributed by atoms with Gasteiger partial charge < -0.3 is 15.8 Å². The summed E-state index contributed by atoms with van der Waals surface area (Å²) in [4.78, 5) is 35.6. The van der Waals surface area contributed by atoms with E-state index in [0.717, 1.165) is 11.1 Å². The Kier molecular flexibility index (Phi) is 6.49. The average Bonchev–Trinajstić information content (AvgIpc) is 2.60. The topological polar surface area (TPSA) is 98.5 Å². The van der Waals surface area contributed by atoms with E-state index >= 15 is 0 Å². The van der Waals surface area contributed by atoms with Gasteiger partial charge in [-0.05, 0) is 12.5 Å². The summed E-state index contributed by atoms with van der Waals surface area (Å²) in [6.45, 7) is 3.32. The number of carbonyl (C=O) groups is 3. The number of rotatable bonds is 7. The number of hydrogen-bond acceptors (Lipinski definition) is 4. The lowest BCUT2D eigenvalue weighted by Crippen LogP contribution is -2.31. The van der Waals surface area contributed by atoms with Crippen molar-refractivity contribution in [2.75, 3.05) is 0 Å². The number of primary amides is 1. The van der Waals surface area contributed by atoms with Gasteiger partial charge in [-0.1, -0.05) is 60.2 Å². The largest absolute Gasteiger partial charge is 0.447 e. The molecule has 0 fully saturated rings. The third-order valence-corrected chi connectivity index (χ3v) is 3.84. The van der Waals surface area contributed by atoms with Crippen LogP contribution in [0.4, 0.5) is 0 Å². The number of esters is 1. The monoisotopic (exact) mass is 354 g/mol. The van der Waals surface area contributed by atoms with Crippen LogP contribution in [0.25, 0.3) is 0 Å². The molecule has 2 aromatic carbocycles. The zero-order valence-electron chi connectivity index (χ0n) is 14.8. The average molecular weight is 354 g/mol. The summed E-state index contributed by atoms with van der Waals surface area (Å²) in [5.74, 6) is -1.65. The van der Waals surface area contributed by atoms with E-state index in [-0.39, 0.29) is 12.3 Å². The van der Waals surface area contributed by atoms with Crippen LogP contribution in [-0.2, 0) is 19.1 Å². The normalized spacial score (nSPS) is 12.7. The Balaban J connectivity index is 2.14. The first-order chi connectivity index (χ1) is 12.4. The Morgan fingerprint density at radius 2 is 1.62 bits per heavy atom. The summed E-state index contributed by atoms with van der Waals surface area (Å²) in [7, 11) is 0. The predicted octanol–water partition coefficient (Wildman–Crippen LogP) is 2.33. The van der Waals surface area contributed by atoms with Gasteiger partial charge in [0.1, 0.15) is 0 Å². The second-order valence-corrected chi connectivity index (χ2v) is 6.05. The molecule has 2 aromatic rings. The second-order valence-electron chi connectivity index (χ2n) is 6.05. The van der Waals surface area contributed by atoms with Gasteiger partial charge in [-0.15, -0.1) is 0 Å². The first-order valence-corrected chi connectivity index (χ1v) is 8.24. The summed E-state index contributed by atoms with van der Waals surface area (Å²) in [5.41, 5.74) is 7.71. The maximum Gasteiger partial charge on any atom is 0.309 e. The van der Waals surface area contributed by atoms with Gasteiger partial charge in [-0.3, -0.25) is 14.4 Å². The number of aryl methyl sites for hydroxylation is 1. The smallest absolute Gasteiger partial charge is 0.309 e. The van der Waals surface area contributed by atoms with Gasteiger partial charge in [-0.2, -0.15) is 0 Å². The predicted molar refractivity (Wildman–Crippen MR) is 96.8 cm³/mol. The van der Waals surface area contributed by atoms with Crippen LogP contribution in [-0.4, -0.2) is 17.8 Å². The van der Waals surface area contributed by atoms with Gasteiger partial charge >= 0.3 is 5.97 Å². The molecule has 0 saturated heterocycles. The Hall–Kier alpha value is -3.15. The lowest BCUT2D eigenvalue weighted by atomic mass is 10.0. The molecule has 0 unspecified atom stereocenters. The number of nitrogens with one attached hydrogen (secondary N) is 1. The fourth-order valence-corrected chi connectivity index (χ4v) is 2.56. The van der Waals surface area contributed by atoms with Crippen molar-refractivity contribution in [2.24, 2.45) is 5.73 Å². The Morgan fingerprint density at radius 1 is 1.00 bits per heavy atom. The molecule has 136 valence electrons. The summed E-state index contributed by atoms with van der Waals surface area (Å²) in [6, 6.07) is 15.5. The molecule has 0 aliphatic carbocycles. The van der Waals surface area contributed by atoms with Crippen LogP contribution in [0.15, 0.2) is 54.6 Å². The van der Waals surface area contributed by atoms with Gasteiger partial charge in [0.05, 0.1) is 12.5 Å². The minimum atomic E-state index is -1.17. The molecule has 6 nitrogen and oxygen atoms in total. The van der Waals surface area contributed by atoms with Crippen LogP contribution in [0.2, 0.25) is 0 Å². The van der Waals surface area contributed by atoms with Crippen molar-refractivity contribution >= 4 is 17.8 Å². The van der Waals surface area contributed by atoms with Crippen LogP contribution in [0.5, 0.6) is 0 Å². The van der Waals surface area contributed by atoms with Crippen molar-refractivity contribution in [3.63, 3.8) is 0 Å². The molecular weight excluding hydrogens is 332 g/mol. The van der Waals surface area contributed by atoms with E-state index in [4.69, 9.17) is 10.5 Å². The quantitative estimate of drug-likeness (QED) is 0.746. The molecule has 6 heteroatoms. The zero-order valence-corrected chi connectivity index (χ0v) is 14.8. The van der Waals surface area contributed by atoms with Crippen LogP contribution >= 0.6 is 0 Å². The van der Waals surface area contributed by atoms with E-state index in [2.05, 4.69) is 5.32 Å². The summed E-state index contributed by atoms with van der Waals surface area (Å²) in [6.07, 6.45) is -1.28. The Morgan fingerprint density at radius 3 is 2.15 bits per heavy atom. The molecule has 0 aliphatic heterocycles. The number of benzene rings is 2. The van der Waals surface area contributed by atoms with Crippen molar-refractivity contribution in [3.05, 3.63) is 71.3 Å². The van der Waals surface area contributed by atoms with E-state index < -0.39 is 24.0 Å². The van der Waals surface area contributed by atoms with Crippen molar-refractivity contribution in [2.45, 2.75) is 32.4 Å². The van der Waals surface area contributed by atoms with Crippen molar-refractivity contribution in [3.8, 4) is 0 Å². The standard InChI is InChI=1S/C20H22N2O4/c1-13-8-10-15(11-9-13)17(22-14(2)23)12-18(24)26-19(20(21)25)16-6-4-3-5-7-16/h3-11,17,19H,12H2,1-2H3,(H2,21,25)(H,22,23)/t17-,19+/m0/s1. The van der Waals surface area contributed by atoms with Gasteiger partial charge in [0, 0.05) is 12.5 Å². The molecule has 2 atom stereocenters. The van der Waals surface area contributed by atoms with Crippen LogP contribution < -0.4 is 11.1 Å². The van der Waals surface area contributed by atoms with Gasteiger partial charge in [0.15, 0.2) is 0 Å². The highest BCUT2D eigenvalue weighted by Crippen LogP contribution is 2.22. The van der Waals surface area contributed by atoms with Crippen LogP contribution in [0, 0.1) is 6.92 Å². The van der Waals surface area contributed by atoms with Gasteiger partial charge in [-0.25, -0.2) is 0 Å². The summed E-state index contributed by atoms with van der Waals surface area (Å²) in [5, 5.41) is 2.73. The molecule has 2 amide bonds. The van der Waals surface area contributed by atoms with Crippen LogP contribution in [0.3, 0.4) is 0 Å². The van der Waals surface area contributed by atoms with E-state index in [1.54, 1.807) is 30.3 Å². The Labute approximate surface area is 152 Å². The molecule has 26 heavy (non-hydrogen) atoms. The van der Waals surface area contributed by atoms with Crippen molar-refractivity contribution in [1.29, 1.82) is 0 Å². The lowest BCUT2D eigenvalue weighted by Gasteiger charge is -2.20. The molecule has 2 rings (SSSR count). The minimum Gasteiger partial charge on any atom is -0.447 e. The third-order valence-electron chi connectivity index (χ3n) is 3.84. The molecule has 0 aliphatic rings. The summed E-state index contributed by atoms with van der Waals surface area (Å²) < 4.78 is 5.29. The minimum absolute atomic E-state index is 0.112. The molecule has 0 heterocycles. The maximum atomic E-state index is 12.4. The zero-order chi connectivity index (χ0) is 19.1. The van der Waals surface area contributed by atoms with E-state index in [1.165, 1.54) is 6.92 Å². The molecule has 0 bridgehead atoms. The molecule has 3 N–H and O–H groups in total. The molecule has 0 saturated carbocycles. The number of carbonyl (C=O) groups excluding carboxylic acids is 3. The fraction of sp³-hybridized carbons (Fsp3) is 0.250. The SMILES string of the molecule is CC(=O)N[C@@H](CC(=O)O[C@@H](C(N)=O)c1ccccc1)c1ccc(C)cc1. The highest BCUT2D eigenvalue weighted by molar-refractivity contribution is 5.84. The van der Waals surface area contributed by atoms with Crippen LogP contribution in [0.1, 0.15) is 42.2 Å². The first-order valence-electron chi connectivity index (χ1n) is 8.24. The summed E-state index contributed by atoms with van der Waals surface area (Å²) >= 11 is 0. The number of nitrogens with two attached hydrogens (primary N) is 1. The number of hydrogen-bond donors (Lipinski definition) is 2. The molecule has 0 aromatic heterocycles. The van der Waals surface area contributed by atoms with Crippen molar-refractivity contribution in [1.82, 2.24) is 5.32 Å². The van der Waals surface area contributed by atoms with E-state index in [1.807, 2.05) is 31.2 Å². The van der Waals surface area contributed by atoms with Gasteiger partial charge in [0.25, 0.3) is 5.91 Å². The van der Waals surface area contributed by atoms with E-state index in [9.17, 15) is 14.4 Å². The van der Waals surface area contributed by atoms with Gasteiger partial charge in [0.2, 0.25) is 12.0 Å². The lowest BCUT2D eigenvalue weighted by molar-refractivity contribution is -0.156. The second kappa shape index (κ2) is 8.80. The highest BCUT2D eigenvalue weighted by Gasteiger charge is 2.25. The fourth-order valence-electron chi connectivity index (χ4n) is 2.56.